The van der Waals surface area contributed by atoms with Crippen molar-refractivity contribution in [3.8, 4) is 0 Å². The Morgan fingerprint density at radius 2 is 1.69 bits per heavy atom. The molecule has 1 aliphatic carbocycles. The van der Waals surface area contributed by atoms with Crippen LogP contribution in [-0.4, -0.2) is 27.7 Å². The van der Waals surface area contributed by atoms with Crippen LogP contribution in [0.2, 0.25) is 0 Å². The second-order valence-electron chi connectivity index (χ2n) is 8.12. The summed E-state index contributed by atoms with van der Waals surface area (Å²) in [5.41, 5.74) is 5.37. The van der Waals surface area contributed by atoms with Gasteiger partial charge in [0.25, 0.3) is 0 Å². The number of hydrogen-bond donors (Lipinski definition) is 2. The van der Waals surface area contributed by atoms with E-state index >= 15 is 0 Å². The number of carbonyl (C=O) groups excluding carboxylic acids is 2. The first kappa shape index (κ1) is 16.7. The third kappa shape index (κ3) is 2.37. The highest BCUT2D eigenvalue weighted by Gasteiger charge is 2.45. The number of para-hydroxylation sites is 2. The largest absolute Gasteiger partial charge is 0.361 e. The molecular weight excluding hydrogens is 362 g/mol. The number of benzene rings is 2. The zero-order valence-electron chi connectivity index (χ0n) is 15.9. The lowest BCUT2D eigenvalue weighted by Crippen LogP contribution is -2.16. The van der Waals surface area contributed by atoms with E-state index in [0.717, 1.165) is 47.1 Å². The van der Waals surface area contributed by atoms with Crippen LogP contribution in [0.4, 0.5) is 0 Å². The van der Waals surface area contributed by atoms with Crippen LogP contribution in [0, 0.1) is 0 Å². The molecule has 0 radical (unpaired) electrons. The molecule has 2 aliphatic rings. The Hall–Kier alpha value is -3.18. The van der Waals surface area contributed by atoms with E-state index in [1.807, 2.05) is 30.5 Å². The third-order valence-corrected chi connectivity index (χ3v) is 6.52. The van der Waals surface area contributed by atoms with Crippen LogP contribution in [0.5, 0.6) is 0 Å². The Morgan fingerprint density at radius 3 is 2.59 bits per heavy atom. The number of hydrogen-bond acceptors (Lipinski definition) is 3. The van der Waals surface area contributed by atoms with Crippen LogP contribution in [0.1, 0.15) is 34.9 Å². The van der Waals surface area contributed by atoms with Crippen LogP contribution >= 0.6 is 0 Å². The number of nitrogens with one attached hydrogen (secondary N) is 2. The summed E-state index contributed by atoms with van der Waals surface area (Å²) in [5.74, 6) is -0.795. The van der Waals surface area contributed by atoms with E-state index in [4.69, 9.17) is 0 Å². The van der Waals surface area contributed by atoms with E-state index in [1.165, 1.54) is 11.1 Å². The molecule has 2 aromatic heterocycles. The molecule has 0 saturated heterocycles. The monoisotopic (exact) mass is 383 g/mol. The predicted octanol–water partition coefficient (Wildman–Crippen LogP) is 3.64. The van der Waals surface area contributed by atoms with Crippen LogP contribution in [-0.2, 0) is 22.7 Å². The minimum absolute atomic E-state index is 0.0166. The molecule has 3 heterocycles. The molecule has 0 amide bonds. The van der Waals surface area contributed by atoms with Gasteiger partial charge in [-0.15, -0.1) is 0 Å². The number of rotatable bonds is 2. The molecule has 4 aromatic rings. The van der Waals surface area contributed by atoms with Crippen LogP contribution in [0.3, 0.4) is 0 Å². The van der Waals surface area contributed by atoms with Crippen molar-refractivity contribution in [2.24, 2.45) is 0 Å². The van der Waals surface area contributed by atoms with Crippen molar-refractivity contribution >= 4 is 33.4 Å². The maximum atomic E-state index is 13.1. The second-order valence-corrected chi connectivity index (χ2v) is 8.12. The van der Waals surface area contributed by atoms with Gasteiger partial charge in [0, 0.05) is 48.3 Å². The summed E-state index contributed by atoms with van der Waals surface area (Å²) >= 11 is 0. The number of nitrogens with zero attached hydrogens (tertiary/aromatic N) is 1. The molecule has 0 bridgehead atoms. The fraction of sp³-hybridized carbons (Fsp3) is 0.250. The number of H-pyrrole nitrogens is 1. The summed E-state index contributed by atoms with van der Waals surface area (Å²) in [6.07, 6.45) is 4.05. The lowest BCUT2D eigenvalue weighted by atomic mass is 9.83. The van der Waals surface area contributed by atoms with Crippen LogP contribution < -0.4 is 5.32 Å². The van der Waals surface area contributed by atoms with Gasteiger partial charge >= 0.3 is 0 Å². The van der Waals surface area contributed by atoms with Crippen molar-refractivity contribution in [1.82, 2.24) is 14.9 Å². The Balaban J connectivity index is 1.57. The van der Waals surface area contributed by atoms with E-state index < -0.39 is 11.8 Å². The van der Waals surface area contributed by atoms with Crippen molar-refractivity contribution in [1.29, 1.82) is 0 Å². The third-order valence-electron chi connectivity index (χ3n) is 6.52. The standard InChI is InChI=1S/C24H21N3O2/c28-20-10-21(29)23(22(20)17-12-26-19-7-2-1-5-15(17)19)18-13-27-9-8-25-11-14-4-3-6-16(18)24(14)27/h1-7,12-13,22-23,25-26H,8-11H2. The van der Waals surface area contributed by atoms with Gasteiger partial charge in [-0.1, -0.05) is 36.4 Å². The van der Waals surface area contributed by atoms with Gasteiger partial charge in [-0.2, -0.15) is 0 Å². The van der Waals surface area contributed by atoms with E-state index in [1.54, 1.807) is 0 Å². The fourth-order valence-corrected chi connectivity index (χ4v) is 5.28. The normalized spacial score (nSPS) is 21.9. The van der Waals surface area contributed by atoms with Gasteiger partial charge in [0.15, 0.2) is 0 Å². The summed E-state index contributed by atoms with van der Waals surface area (Å²) in [4.78, 5) is 29.4. The topological polar surface area (TPSA) is 66.9 Å². The summed E-state index contributed by atoms with van der Waals surface area (Å²) in [6.45, 7) is 2.58. The molecule has 5 heteroatoms. The average molecular weight is 383 g/mol. The second kappa shape index (κ2) is 6.16. The first-order chi connectivity index (χ1) is 14.2. The Morgan fingerprint density at radius 1 is 0.897 bits per heavy atom. The molecule has 2 aromatic carbocycles. The minimum atomic E-state index is -0.428. The Labute approximate surface area is 167 Å². The Kier molecular flexibility index (Phi) is 3.56. The molecule has 6 rings (SSSR count). The summed E-state index contributed by atoms with van der Waals surface area (Å²) in [7, 11) is 0. The van der Waals surface area contributed by atoms with Crippen LogP contribution in [0.25, 0.3) is 21.8 Å². The number of ketones is 2. The van der Waals surface area contributed by atoms with Gasteiger partial charge in [0.05, 0.1) is 23.8 Å². The highest BCUT2D eigenvalue weighted by Crippen LogP contribution is 2.46. The number of fused-ring (bicyclic) bond motifs is 1. The maximum Gasteiger partial charge on any atom is 0.148 e. The molecule has 29 heavy (non-hydrogen) atoms. The first-order valence-electron chi connectivity index (χ1n) is 10.1. The van der Waals surface area contributed by atoms with E-state index in [9.17, 15) is 9.59 Å². The number of aromatic nitrogens is 2. The molecular formula is C24H21N3O2. The van der Waals surface area contributed by atoms with Crippen molar-refractivity contribution in [2.75, 3.05) is 6.54 Å². The van der Waals surface area contributed by atoms with Crippen LogP contribution in [0.15, 0.2) is 54.9 Å². The molecule has 1 aliphatic heterocycles. The van der Waals surface area contributed by atoms with Gasteiger partial charge in [-0.05, 0) is 22.8 Å². The highest BCUT2D eigenvalue weighted by atomic mass is 16.2. The SMILES string of the molecule is O=C1CC(=O)C(c2cn3c4c(cccc24)CNCC3)C1c1c[nH]c2ccccc12. The van der Waals surface area contributed by atoms with Crippen molar-refractivity contribution < 1.29 is 9.59 Å². The van der Waals surface area contributed by atoms with Gasteiger partial charge in [-0.3, -0.25) is 9.59 Å². The molecule has 5 nitrogen and oxygen atoms in total. The number of Topliss-reactive ketones (excluding diaryl/α,β-unsaturated/α-hetero) is 2. The quantitative estimate of drug-likeness (QED) is 0.520. The predicted molar refractivity (Wildman–Crippen MR) is 112 cm³/mol. The molecule has 144 valence electrons. The number of aromatic amines is 1. The summed E-state index contributed by atoms with van der Waals surface area (Å²) in [5, 5.41) is 5.58. The smallest absolute Gasteiger partial charge is 0.148 e. The summed E-state index contributed by atoms with van der Waals surface area (Å²) < 4.78 is 2.25. The summed E-state index contributed by atoms with van der Waals surface area (Å²) in [6, 6.07) is 14.3. The van der Waals surface area contributed by atoms with E-state index in [-0.39, 0.29) is 18.0 Å². The fourth-order valence-electron chi connectivity index (χ4n) is 5.28. The Bertz CT molecular complexity index is 1300. The lowest BCUT2D eigenvalue weighted by Gasteiger charge is -2.17. The molecule has 2 atom stereocenters. The molecule has 2 unspecified atom stereocenters. The maximum absolute atomic E-state index is 13.1. The van der Waals surface area contributed by atoms with Gasteiger partial charge in [-0.25, -0.2) is 0 Å². The zero-order valence-corrected chi connectivity index (χ0v) is 15.9. The zero-order chi connectivity index (χ0) is 19.5. The lowest BCUT2D eigenvalue weighted by molar-refractivity contribution is -0.122. The molecule has 0 spiro atoms. The van der Waals surface area contributed by atoms with Gasteiger partial charge in [0.2, 0.25) is 0 Å². The van der Waals surface area contributed by atoms with Crippen molar-refractivity contribution in [3.05, 3.63) is 71.5 Å². The highest BCUT2D eigenvalue weighted by molar-refractivity contribution is 6.15. The molecule has 1 saturated carbocycles. The van der Waals surface area contributed by atoms with Gasteiger partial charge < -0.3 is 14.9 Å². The van der Waals surface area contributed by atoms with Crippen molar-refractivity contribution in [2.45, 2.75) is 31.3 Å². The van der Waals surface area contributed by atoms with Gasteiger partial charge in [0.1, 0.15) is 11.6 Å². The first-order valence-corrected chi connectivity index (χ1v) is 10.1. The van der Waals surface area contributed by atoms with E-state index in [0.29, 0.717) is 0 Å². The molecule has 1 fully saturated rings. The van der Waals surface area contributed by atoms with E-state index in [2.05, 4.69) is 39.3 Å². The number of carbonyl (C=O) groups is 2. The minimum Gasteiger partial charge on any atom is -0.361 e. The average Bonchev–Trinajstić information content (AvgIpc) is 3.33. The van der Waals surface area contributed by atoms with Crippen molar-refractivity contribution in [3.63, 3.8) is 0 Å². The molecule has 2 N–H and O–H groups in total.